The predicted octanol–water partition coefficient (Wildman–Crippen LogP) is -0.237. The number of ether oxygens (including phenoxy) is 1. The summed E-state index contributed by atoms with van der Waals surface area (Å²) in [7, 11) is 0. The fourth-order valence-corrected chi connectivity index (χ4v) is 1.94. The molecule has 1 aromatic rings. The van der Waals surface area contributed by atoms with Crippen LogP contribution in [0.3, 0.4) is 0 Å². The van der Waals surface area contributed by atoms with Crippen molar-refractivity contribution >= 4 is 0 Å². The molecule has 0 aliphatic carbocycles. The second kappa shape index (κ2) is 4.31. The van der Waals surface area contributed by atoms with Crippen LogP contribution in [0.4, 0.5) is 0 Å². The molecule has 2 heterocycles. The summed E-state index contributed by atoms with van der Waals surface area (Å²) in [6.45, 7) is 3.44. The predicted molar refractivity (Wildman–Crippen MR) is 60.7 cm³/mol. The van der Waals surface area contributed by atoms with Gasteiger partial charge in [0.1, 0.15) is 11.8 Å². The maximum atomic E-state index is 11.6. The average Bonchev–Trinajstić information content (AvgIpc) is 2.74. The number of aliphatic hydroxyl groups is 1. The van der Waals surface area contributed by atoms with Gasteiger partial charge in [0.25, 0.3) is 5.56 Å². The van der Waals surface area contributed by atoms with Crippen LogP contribution in [-0.4, -0.2) is 26.9 Å². The molecular weight excluding hydrogens is 224 g/mol. The van der Waals surface area contributed by atoms with Gasteiger partial charge in [-0.2, -0.15) is 0 Å². The number of hydrogen-bond acceptors (Lipinski definition) is 4. The van der Waals surface area contributed by atoms with Gasteiger partial charge in [0.2, 0.25) is 0 Å². The maximum Gasteiger partial charge on any atom is 0.330 e. The van der Waals surface area contributed by atoms with Crippen molar-refractivity contribution < 1.29 is 9.84 Å². The third-order valence-corrected chi connectivity index (χ3v) is 2.99. The van der Waals surface area contributed by atoms with E-state index in [1.807, 2.05) is 0 Å². The van der Waals surface area contributed by atoms with E-state index in [2.05, 4.69) is 11.6 Å². The molecule has 0 amide bonds. The highest BCUT2D eigenvalue weighted by Gasteiger charge is 2.38. The van der Waals surface area contributed by atoms with Gasteiger partial charge in [-0.1, -0.05) is 6.08 Å². The van der Waals surface area contributed by atoms with Gasteiger partial charge in [0.15, 0.2) is 0 Å². The molecule has 2 atom stereocenters. The van der Waals surface area contributed by atoms with Gasteiger partial charge in [-0.05, 0) is 12.8 Å². The van der Waals surface area contributed by atoms with E-state index in [9.17, 15) is 14.7 Å². The van der Waals surface area contributed by atoms with Gasteiger partial charge < -0.3 is 9.84 Å². The zero-order valence-electron chi connectivity index (χ0n) is 9.26. The molecule has 92 valence electrons. The van der Waals surface area contributed by atoms with Gasteiger partial charge >= 0.3 is 5.69 Å². The Balaban J connectivity index is 2.29. The number of nitrogens with zero attached hydrogens (tertiary/aromatic N) is 1. The number of H-pyrrole nitrogens is 1. The lowest BCUT2D eigenvalue weighted by Gasteiger charge is -2.23. The highest BCUT2D eigenvalue weighted by molar-refractivity contribution is 5.01. The number of rotatable bonds is 3. The first-order chi connectivity index (χ1) is 8.10. The summed E-state index contributed by atoms with van der Waals surface area (Å²) in [5.41, 5.74) is -1.75. The van der Waals surface area contributed by atoms with Crippen molar-refractivity contribution in [3.63, 3.8) is 0 Å². The molecule has 0 radical (unpaired) electrons. The van der Waals surface area contributed by atoms with Crippen LogP contribution >= 0.6 is 0 Å². The van der Waals surface area contributed by atoms with Crippen molar-refractivity contribution in [2.45, 2.75) is 24.7 Å². The van der Waals surface area contributed by atoms with E-state index in [1.54, 1.807) is 6.08 Å². The maximum absolute atomic E-state index is 11.6. The van der Waals surface area contributed by atoms with Crippen LogP contribution in [0.1, 0.15) is 19.1 Å². The van der Waals surface area contributed by atoms with Gasteiger partial charge in [-0.25, -0.2) is 4.79 Å². The minimum absolute atomic E-state index is 0.175. The molecule has 0 spiro atoms. The summed E-state index contributed by atoms with van der Waals surface area (Å²) in [6, 6.07) is 1.26. The molecule has 1 aliphatic rings. The molecule has 0 saturated carbocycles. The van der Waals surface area contributed by atoms with Crippen molar-refractivity contribution in [1.82, 2.24) is 9.55 Å². The molecule has 0 aromatic carbocycles. The lowest BCUT2D eigenvalue weighted by molar-refractivity contribution is -0.0705. The van der Waals surface area contributed by atoms with Crippen LogP contribution in [0.2, 0.25) is 0 Å². The van der Waals surface area contributed by atoms with Gasteiger partial charge in [-0.3, -0.25) is 14.3 Å². The van der Waals surface area contributed by atoms with E-state index < -0.39 is 23.1 Å². The summed E-state index contributed by atoms with van der Waals surface area (Å²) in [5, 5.41) is 9.25. The molecule has 1 aromatic heterocycles. The van der Waals surface area contributed by atoms with Gasteiger partial charge in [0.05, 0.1) is 6.61 Å². The first-order valence-electron chi connectivity index (χ1n) is 5.34. The van der Waals surface area contributed by atoms with Crippen molar-refractivity contribution in [3.8, 4) is 0 Å². The number of aromatic nitrogens is 2. The number of hydrogen-bond donors (Lipinski definition) is 2. The van der Waals surface area contributed by atoms with E-state index in [0.717, 1.165) is 0 Å². The molecule has 17 heavy (non-hydrogen) atoms. The Kier molecular flexibility index (Phi) is 2.99. The van der Waals surface area contributed by atoms with E-state index in [-0.39, 0.29) is 6.61 Å². The molecule has 2 N–H and O–H groups in total. The van der Waals surface area contributed by atoms with Crippen LogP contribution < -0.4 is 11.2 Å². The highest BCUT2D eigenvalue weighted by atomic mass is 16.5. The summed E-state index contributed by atoms with van der Waals surface area (Å²) in [4.78, 5) is 24.6. The quantitative estimate of drug-likeness (QED) is 0.712. The van der Waals surface area contributed by atoms with Crippen molar-refractivity contribution in [1.29, 1.82) is 0 Å². The van der Waals surface area contributed by atoms with Crippen LogP contribution in [0.25, 0.3) is 0 Å². The fraction of sp³-hybridized carbons (Fsp3) is 0.455. The van der Waals surface area contributed by atoms with Crippen LogP contribution in [-0.2, 0) is 4.74 Å². The molecule has 2 unspecified atom stereocenters. The standard InChI is InChI=1S/C11H14N2O4/c1-2-11(7-14)5-3-9(17-11)13-6-4-8(15)12-10(13)16/h2,4,6,9,14H,1,3,5,7H2,(H,12,15,16). The van der Waals surface area contributed by atoms with Crippen molar-refractivity contribution in [3.05, 3.63) is 45.8 Å². The number of aliphatic hydroxyl groups excluding tert-OH is 1. The van der Waals surface area contributed by atoms with Crippen LogP contribution in [0.5, 0.6) is 0 Å². The molecule has 1 fully saturated rings. The monoisotopic (exact) mass is 238 g/mol. The third-order valence-electron chi connectivity index (χ3n) is 2.99. The Bertz CT molecular complexity index is 533. The zero-order chi connectivity index (χ0) is 12.5. The second-order valence-electron chi connectivity index (χ2n) is 4.06. The average molecular weight is 238 g/mol. The minimum atomic E-state index is -0.791. The van der Waals surface area contributed by atoms with Crippen LogP contribution in [0.15, 0.2) is 34.5 Å². The SMILES string of the molecule is C=CC1(CO)CCC(n2ccc(=O)[nH]c2=O)O1. The molecule has 0 bridgehead atoms. The Morgan fingerprint density at radius 1 is 1.71 bits per heavy atom. The zero-order valence-corrected chi connectivity index (χ0v) is 9.26. The summed E-state index contributed by atoms with van der Waals surface area (Å²) in [6.07, 6.45) is 3.62. The van der Waals surface area contributed by atoms with Crippen molar-refractivity contribution in [2.24, 2.45) is 0 Å². The summed E-state index contributed by atoms with van der Waals surface area (Å²) in [5.74, 6) is 0. The Morgan fingerprint density at radius 2 is 2.47 bits per heavy atom. The Hall–Kier alpha value is -1.66. The normalized spacial score (nSPS) is 28.2. The van der Waals surface area contributed by atoms with E-state index in [4.69, 9.17) is 4.74 Å². The smallest absolute Gasteiger partial charge is 0.330 e. The number of aromatic amines is 1. The Morgan fingerprint density at radius 3 is 3.00 bits per heavy atom. The molecule has 6 heteroatoms. The Labute approximate surface area is 97.2 Å². The second-order valence-corrected chi connectivity index (χ2v) is 4.06. The minimum Gasteiger partial charge on any atom is -0.393 e. The third kappa shape index (κ3) is 2.09. The molecular formula is C11H14N2O4. The molecule has 1 aliphatic heterocycles. The summed E-state index contributed by atoms with van der Waals surface area (Å²) >= 11 is 0. The summed E-state index contributed by atoms with van der Waals surface area (Å²) < 4.78 is 6.93. The molecule has 6 nitrogen and oxygen atoms in total. The number of nitrogens with one attached hydrogen (secondary N) is 1. The van der Waals surface area contributed by atoms with E-state index in [1.165, 1.54) is 16.8 Å². The van der Waals surface area contributed by atoms with E-state index >= 15 is 0 Å². The first-order valence-corrected chi connectivity index (χ1v) is 5.34. The van der Waals surface area contributed by atoms with Crippen molar-refractivity contribution in [2.75, 3.05) is 6.61 Å². The molecule has 2 rings (SSSR count). The first kappa shape index (κ1) is 11.8. The highest BCUT2D eigenvalue weighted by Crippen LogP contribution is 2.35. The lowest BCUT2D eigenvalue weighted by Crippen LogP contribution is -2.34. The topological polar surface area (TPSA) is 84.3 Å². The van der Waals surface area contributed by atoms with E-state index in [0.29, 0.717) is 12.8 Å². The molecule has 1 saturated heterocycles. The largest absolute Gasteiger partial charge is 0.393 e. The fourth-order valence-electron chi connectivity index (χ4n) is 1.94. The van der Waals surface area contributed by atoms with Gasteiger partial charge in [0, 0.05) is 12.3 Å². The van der Waals surface area contributed by atoms with Gasteiger partial charge in [-0.15, -0.1) is 6.58 Å². The lowest BCUT2D eigenvalue weighted by atomic mass is 10.0. The van der Waals surface area contributed by atoms with Crippen LogP contribution in [0, 0.1) is 0 Å².